The number of urea groups is 1. The number of nitrogens with one attached hydrogen (secondary N) is 2. The molecule has 1 aliphatic heterocycles. The molecule has 0 bridgehead atoms. The second-order valence-electron chi connectivity index (χ2n) is 5.61. The Morgan fingerprint density at radius 1 is 1.25 bits per heavy atom. The summed E-state index contributed by atoms with van der Waals surface area (Å²) in [5.41, 5.74) is -1.03. The second kappa shape index (κ2) is 6.54. The summed E-state index contributed by atoms with van der Waals surface area (Å²) in [5.74, 6) is -0.781. The third kappa shape index (κ3) is 3.69. The lowest BCUT2D eigenvalue weighted by atomic mass is 9.91. The zero-order valence-corrected chi connectivity index (χ0v) is 13.3. The Kier molecular flexibility index (Phi) is 4.86. The number of rotatable bonds is 3. The minimum atomic E-state index is -4.62. The lowest BCUT2D eigenvalue weighted by Crippen LogP contribution is -2.46. The molecule has 8 heteroatoms. The van der Waals surface area contributed by atoms with Crippen molar-refractivity contribution in [1.29, 1.82) is 0 Å². The molecular weight excluding hydrogens is 325 g/mol. The van der Waals surface area contributed by atoms with Crippen molar-refractivity contribution in [3.63, 3.8) is 0 Å². The number of amides is 2. The molecule has 0 saturated heterocycles. The first-order valence-electron chi connectivity index (χ1n) is 7.26. The number of alkyl halides is 3. The number of allylic oxidation sites excluding steroid dienone is 1. The highest BCUT2D eigenvalue weighted by Gasteiger charge is 2.39. The van der Waals surface area contributed by atoms with Crippen molar-refractivity contribution in [3.05, 3.63) is 46.7 Å². The summed E-state index contributed by atoms with van der Waals surface area (Å²) in [4.78, 5) is 24.0. The highest BCUT2D eigenvalue weighted by Crippen LogP contribution is 2.38. The molecule has 0 unspecified atom stereocenters. The number of halogens is 3. The van der Waals surface area contributed by atoms with Crippen LogP contribution in [-0.2, 0) is 15.7 Å². The van der Waals surface area contributed by atoms with Crippen LogP contribution in [0.1, 0.15) is 37.9 Å². The van der Waals surface area contributed by atoms with Crippen LogP contribution in [-0.4, -0.2) is 18.1 Å². The summed E-state index contributed by atoms with van der Waals surface area (Å²) in [6.45, 7) is 4.70. The van der Waals surface area contributed by atoms with E-state index in [4.69, 9.17) is 4.74 Å². The van der Waals surface area contributed by atoms with E-state index in [1.807, 2.05) is 0 Å². The number of carbonyl (C=O) groups is 2. The van der Waals surface area contributed by atoms with E-state index in [0.29, 0.717) is 0 Å². The van der Waals surface area contributed by atoms with Crippen LogP contribution >= 0.6 is 0 Å². The predicted molar refractivity (Wildman–Crippen MR) is 79.8 cm³/mol. The van der Waals surface area contributed by atoms with Gasteiger partial charge >= 0.3 is 18.2 Å². The van der Waals surface area contributed by atoms with Gasteiger partial charge in [-0.2, -0.15) is 13.2 Å². The van der Waals surface area contributed by atoms with Crippen LogP contribution in [0.4, 0.5) is 18.0 Å². The molecule has 1 aromatic rings. The highest BCUT2D eigenvalue weighted by molar-refractivity contribution is 5.95. The molecule has 24 heavy (non-hydrogen) atoms. The molecule has 1 heterocycles. The van der Waals surface area contributed by atoms with Gasteiger partial charge in [0.1, 0.15) is 0 Å². The molecule has 0 fully saturated rings. The Bertz CT molecular complexity index is 696. The summed E-state index contributed by atoms with van der Waals surface area (Å²) >= 11 is 0. The van der Waals surface area contributed by atoms with E-state index in [1.54, 1.807) is 13.8 Å². The van der Waals surface area contributed by atoms with Gasteiger partial charge < -0.3 is 15.4 Å². The van der Waals surface area contributed by atoms with Crippen LogP contribution in [0.2, 0.25) is 0 Å². The normalized spacial score (nSPS) is 18.3. The van der Waals surface area contributed by atoms with Crippen molar-refractivity contribution in [3.8, 4) is 0 Å². The topological polar surface area (TPSA) is 67.4 Å². The molecule has 2 rings (SSSR count). The average molecular weight is 342 g/mol. The number of hydrogen-bond donors (Lipinski definition) is 2. The highest BCUT2D eigenvalue weighted by atomic mass is 19.4. The smallest absolute Gasteiger partial charge is 0.416 e. The summed E-state index contributed by atoms with van der Waals surface area (Å²) in [7, 11) is 0. The van der Waals surface area contributed by atoms with Crippen LogP contribution in [0.5, 0.6) is 0 Å². The summed E-state index contributed by atoms with van der Waals surface area (Å²) in [6.07, 6.45) is -5.07. The molecule has 1 aromatic carbocycles. The minimum absolute atomic E-state index is 0.0556. The maximum Gasteiger partial charge on any atom is 0.416 e. The lowest BCUT2D eigenvalue weighted by Gasteiger charge is -2.30. The first-order chi connectivity index (χ1) is 11.1. The van der Waals surface area contributed by atoms with Gasteiger partial charge in [0, 0.05) is 5.70 Å². The Hall–Kier alpha value is -2.51. The second-order valence-corrected chi connectivity index (χ2v) is 5.61. The fourth-order valence-electron chi connectivity index (χ4n) is 2.48. The fourth-order valence-corrected chi connectivity index (χ4v) is 2.48. The van der Waals surface area contributed by atoms with Crippen molar-refractivity contribution in [2.75, 3.05) is 0 Å². The van der Waals surface area contributed by atoms with Crippen LogP contribution in [0, 0.1) is 0 Å². The zero-order valence-electron chi connectivity index (χ0n) is 13.3. The molecule has 5 nitrogen and oxygen atoms in total. The van der Waals surface area contributed by atoms with Crippen LogP contribution in [0.15, 0.2) is 35.5 Å². The maximum atomic E-state index is 13.3. The molecule has 0 saturated carbocycles. The van der Waals surface area contributed by atoms with E-state index in [0.717, 1.165) is 6.07 Å². The molecule has 0 radical (unpaired) electrons. The van der Waals surface area contributed by atoms with E-state index in [2.05, 4.69) is 10.6 Å². The van der Waals surface area contributed by atoms with E-state index in [-0.39, 0.29) is 16.8 Å². The van der Waals surface area contributed by atoms with Gasteiger partial charge in [-0.15, -0.1) is 0 Å². The molecule has 2 N–H and O–H groups in total. The van der Waals surface area contributed by atoms with Crippen molar-refractivity contribution >= 4 is 12.0 Å². The standard InChI is InChI=1S/C16H17F3N2O3/c1-8(2)24-14(22)12-9(3)20-15(23)21-13(12)10-6-4-5-7-11(10)16(17,18)19/h4-8,13H,1-3H3,(H2,20,21,23)/t13-/m0/s1. The fraction of sp³-hybridized carbons (Fsp3) is 0.375. The van der Waals surface area contributed by atoms with Crippen LogP contribution in [0.25, 0.3) is 0 Å². The van der Waals surface area contributed by atoms with E-state index < -0.39 is 35.9 Å². The number of ether oxygens (including phenoxy) is 1. The van der Waals surface area contributed by atoms with Gasteiger partial charge in [-0.1, -0.05) is 18.2 Å². The van der Waals surface area contributed by atoms with Gasteiger partial charge in [0.05, 0.1) is 23.3 Å². The Morgan fingerprint density at radius 2 is 1.88 bits per heavy atom. The zero-order chi connectivity index (χ0) is 18.1. The Labute approximate surface area is 136 Å². The third-order valence-corrected chi connectivity index (χ3v) is 3.41. The third-order valence-electron chi connectivity index (χ3n) is 3.41. The number of esters is 1. The molecule has 0 spiro atoms. The first kappa shape index (κ1) is 17.8. The van der Waals surface area contributed by atoms with Crippen molar-refractivity contribution in [2.45, 2.75) is 39.1 Å². The number of carbonyl (C=O) groups excluding carboxylic acids is 2. The maximum absolute atomic E-state index is 13.3. The van der Waals surface area contributed by atoms with E-state index in [1.165, 1.54) is 25.1 Å². The SMILES string of the molecule is CC1=C(C(=O)OC(C)C)[C@H](c2ccccc2C(F)(F)F)NC(=O)N1. The van der Waals surface area contributed by atoms with Crippen molar-refractivity contribution in [1.82, 2.24) is 10.6 Å². The molecule has 0 aromatic heterocycles. The van der Waals surface area contributed by atoms with Gasteiger partial charge in [0.15, 0.2) is 0 Å². The Balaban J connectivity index is 2.56. The van der Waals surface area contributed by atoms with Crippen LogP contribution < -0.4 is 10.6 Å². The molecule has 2 amide bonds. The molecular formula is C16H17F3N2O3. The molecule has 0 aliphatic carbocycles. The Morgan fingerprint density at radius 3 is 2.46 bits per heavy atom. The largest absolute Gasteiger partial charge is 0.459 e. The number of hydrogen-bond acceptors (Lipinski definition) is 3. The predicted octanol–water partition coefficient (Wildman–Crippen LogP) is 3.28. The summed E-state index contributed by atoms with van der Waals surface area (Å²) in [6, 6.07) is 2.87. The number of benzene rings is 1. The first-order valence-corrected chi connectivity index (χ1v) is 7.26. The minimum Gasteiger partial charge on any atom is -0.459 e. The molecule has 1 atom stereocenters. The van der Waals surface area contributed by atoms with Gasteiger partial charge in [-0.3, -0.25) is 0 Å². The van der Waals surface area contributed by atoms with E-state index in [9.17, 15) is 22.8 Å². The average Bonchev–Trinajstić information content (AvgIpc) is 2.44. The van der Waals surface area contributed by atoms with E-state index >= 15 is 0 Å². The summed E-state index contributed by atoms with van der Waals surface area (Å²) < 4.78 is 44.9. The molecule has 1 aliphatic rings. The quantitative estimate of drug-likeness (QED) is 0.829. The van der Waals surface area contributed by atoms with Gasteiger partial charge in [0.2, 0.25) is 0 Å². The van der Waals surface area contributed by atoms with Gasteiger partial charge in [0.25, 0.3) is 0 Å². The van der Waals surface area contributed by atoms with Crippen molar-refractivity contribution < 1.29 is 27.5 Å². The lowest BCUT2D eigenvalue weighted by molar-refractivity contribution is -0.144. The van der Waals surface area contributed by atoms with Crippen molar-refractivity contribution in [2.24, 2.45) is 0 Å². The summed E-state index contributed by atoms with van der Waals surface area (Å²) in [5, 5.41) is 4.76. The monoisotopic (exact) mass is 342 g/mol. The molecule has 130 valence electrons. The van der Waals surface area contributed by atoms with Crippen LogP contribution in [0.3, 0.4) is 0 Å². The van der Waals surface area contributed by atoms with Gasteiger partial charge in [-0.05, 0) is 32.4 Å². The van der Waals surface area contributed by atoms with Gasteiger partial charge in [-0.25, -0.2) is 9.59 Å².